The highest BCUT2D eigenvalue weighted by molar-refractivity contribution is 4.95. The number of hydrogen-bond donors (Lipinski definition) is 7. The number of hydrogen-bond acceptors (Lipinski definition) is 11. The van der Waals surface area contributed by atoms with Crippen LogP contribution in [0.25, 0.3) is 10.4 Å². The Hall–Kier alpha value is -1.09. The van der Waals surface area contributed by atoms with Gasteiger partial charge in [0, 0.05) is 4.91 Å². The molecule has 2 saturated heterocycles. The van der Waals surface area contributed by atoms with Crippen LogP contribution in [0.4, 0.5) is 0 Å². The van der Waals surface area contributed by atoms with Gasteiger partial charge in [0.25, 0.3) is 0 Å². The first-order valence-electron chi connectivity index (χ1n) is 7.48. The van der Waals surface area contributed by atoms with Crippen LogP contribution in [0.5, 0.6) is 0 Å². The van der Waals surface area contributed by atoms with Crippen molar-refractivity contribution in [1.82, 2.24) is 0 Å². The van der Waals surface area contributed by atoms with Crippen molar-refractivity contribution >= 4 is 0 Å². The van der Waals surface area contributed by atoms with Gasteiger partial charge in [0.15, 0.2) is 12.6 Å². The first-order chi connectivity index (χ1) is 11.8. The number of azide groups is 1. The molecule has 4 unspecified atom stereocenters. The lowest BCUT2D eigenvalue weighted by atomic mass is 9.96. The molecule has 0 amide bonds. The van der Waals surface area contributed by atoms with E-state index in [0.717, 1.165) is 0 Å². The minimum Gasteiger partial charge on any atom is -0.394 e. The summed E-state index contributed by atoms with van der Waals surface area (Å²) < 4.78 is 15.5. The summed E-state index contributed by atoms with van der Waals surface area (Å²) in [6.07, 6.45) is -13.9. The van der Waals surface area contributed by atoms with E-state index in [9.17, 15) is 30.6 Å². The van der Waals surface area contributed by atoms with E-state index in [0.29, 0.717) is 0 Å². The maximum absolute atomic E-state index is 10.1. The van der Waals surface area contributed by atoms with Gasteiger partial charge in [-0.3, -0.25) is 0 Å². The predicted molar refractivity (Wildman–Crippen MR) is 75.5 cm³/mol. The van der Waals surface area contributed by atoms with E-state index in [2.05, 4.69) is 10.0 Å². The number of nitrogens with zero attached hydrogens (tertiary/aromatic N) is 3. The van der Waals surface area contributed by atoms with Crippen molar-refractivity contribution in [3.05, 3.63) is 10.4 Å². The smallest absolute Gasteiger partial charge is 0.189 e. The Kier molecular flexibility index (Phi) is 6.90. The average Bonchev–Trinajstić information content (AvgIpc) is 2.61. The summed E-state index contributed by atoms with van der Waals surface area (Å²) in [5, 5.41) is 71.0. The van der Waals surface area contributed by atoms with Crippen LogP contribution in [0.1, 0.15) is 0 Å². The summed E-state index contributed by atoms with van der Waals surface area (Å²) in [4.78, 5) is 2.50. The monoisotopic (exact) mass is 367 g/mol. The molecule has 2 heterocycles. The fourth-order valence-electron chi connectivity index (χ4n) is 2.69. The highest BCUT2D eigenvalue weighted by Crippen LogP contribution is 2.29. The molecule has 144 valence electrons. The summed E-state index contributed by atoms with van der Waals surface area (Å²) >= 11 is 0. The van der Waals surface area contributed by atoms with Gasteiger partial charge in [0.1, 0.15) is 36.6 Å². The average molecular weight is 367 g/mol. The molecule has 2 aliphatic rings. The molecule has 0 saturated carbocycles. The number of ether oxygens (including phenoxy) is 3. The lowest BCUT2D eigenvalue weighted by molar-refractivity contribution is -0.368. The van der Waals surface area contributed by atoms with Gasteiger partial charge in [-0.1, -0.05) is 5.11 Å². The molecule has 0 bridgehead atoms. The molecular formula is C12H21N3O10. The Labute approximate surface area is 141 Å². The van der Waals surface area contributed by atoms with Crippen LogP contribution in [0.15, 0.2) is 5.11 Å². The largest absolute Gasteiger partial charge is 0.394 e. The van der Waals surface area contributed by atoms with Gasteiger partial charge in [0.2, 0.25) is 0 Å². The zero-order valence-corrected chi connectivity index (χ0v) is 12.9. The summed E-state index contributed by atoms with van der Waals surface area (Å²) in [6.45, 7) is -1.36. The van der Waals surface area contributed by atoms with Crippen molar-refractivity contribution in [2.24, 2.45) is 5.11 Å². The summed E-state index contributed by atoms with van der Waals surface area (Å²) in [7, 11) is 0. The first-order valence-corrected chi connectivity index (χ1v) is 7.48. The molecule has 0 radical (unpaired) electrons. The van der Waals surface area contributed by atoms with Crippen molar-refractivity contribution in [3.8, 4) is 0 Å². The number of rotatable bonds is 5. The van der Waals surface area contributed by atoms with Gasteiger partial charge in [-0.15, -0.1) is 0 Å². The molecule has 7 N–H and O–H groups in total. The molecule has 0 aromatic carbocycles. The van der Waals surface area contributed by atoms with Gasteiger partial charge >= 0.3 is 0 Å². The number of aliphatic hydroxyl groups excluding tert-OH is 7. The third kappa shape index (κ3) is 4.02. The molecule has 25 heavy (non-hydrogen) atoms. The molecule has 2 rings (SSSR count). The van der Waals surface area contributed by atoms with E-state index < -0.39 is 74.6 Å². The second-order valence-corrected chi connectivity index (χ2v) is 5.74. The SMILES string of the molecule is [N-]=[N+]=N[C@@H]1C(O)[C@@H](O[C@H]2OC(CO)[C@@H](O)C(O)[C@H]2O)OC(CO)[C@H]1O. The number of aliphatic hydroxyl groups is 7. The summed E-state index contributed by atoms with van der Waals surface area (Å²) in [6, 6.07) is -1.41. The third-order valence-electron chi connectivity index (χ3n) is 4.15. The molecular weight excluding hydrogens is 346 g/mol. The topological polar surface area (TPSA) is 218 Å². The Balaban J connectivity index is 2.15. The molecule has 0 aliphatic carbocycles. The maximum atomic E-state index is 10.1. The lowest BCUT2D eigenvalue weighted by Crippen LogP contribution is -2.63. The van der Waals surface area contributed by atoms with Crippen LogP contribution >= 0.6 is 0 Å². The third-order valence-corrected chi connectivity index (χ3v) is 4.15. The van der Waals surface area contributed by atoms with Gasteiger partial charge in [0.05, 0.1) is 25.4 Å². The van der Waals surface area contributed by atoms with Crippen molar-refractivity contribution < 1.29 is 50.0 Å². The van der Waals surface area contributed by atoms with Crippen molar-refractivity contribution in [2.45, 2.75) is 61.3 Å². The summed E-state index contributed by atoms with van der Waals surface area (Å²) in [5.74, 6) is 0. The quantitative estimate of drug-likeness (QED) is 0.141. The van der Waals surface area contributed by atoms with Crippen LogP contribution in [0, 0.1) is 0 Å². The molecule has 10 atom stereocenters. The van der Waals surface area contributed by atoms with E-state index in [1.807, 2.05) is 0 Å². The van der Waals surface area contributed by atoms with Gasteiger partial charge < -0.3 is 50.0 Å². The van der Waals surface area contributed by atoms with Crippen LogP contribution in [-0.2, 0) is 14.2 Å². The zero-order chi connectivity index (χ0) is 18.7. The fraction of sp³-hybridized carbons (Fsp3) is 1.00. The van der Waals surface area contributed by atoms with Gasteiger partial charge in [-0.25, -0.2) is 0 Å². The molecule has 0 spiro atoms. The Morgan fingerprint density at radius 1 is 0.800 bits per heavy atom. The van der Waals surface area contributed by atoms with E-state index in [-0.39, 0.29) is 0 Å². The predicted octanol–water partition coefficient (Wildman–Crippen LogP) is -4.08. The second kappa shape index (κ2) is 8.53. The molecule has 2 fully saturated rings. The van der Waals surface area contributed by atoms with E-state index in [1.54, 1.807) is 0 Å². The van der Waals surface area contributed by atoms with Crippen molar-refractivity contribution in [1.29, 1.82) is 0 Å². The highest BCUT2D eigenvalue weighted by Gasteiger charge is 2.49. The Morgan fingerprint density at radius 2 is 1.32 bits per heavy atom. The molecule has 2 aliphatic heterocycles. The maximum Gasteiger partial charge on any atom is 0.189 e. The lowest BCUT2D eigenvalue weighted by Gasteiger charge is -2.44. The van der Waals surface area contributed by atoms with Crippen molar-refractivity contribution in [2.75, 3.05) is 13.2 Å². The molecule has 13 heteroatoms. The zero-order valence-electron chi connectivity index (χ0n) is 12.9. The van der Waals surface area contributed by atoms with E-state index in [1.165, 1.54) is 0 Å². The second-order valence-electron chi connectivity index (χ2n) is 5.74. The van der Waals surface area contributed by atoms with Gasteiger partial charge in [-0.05, 0) is 5.53 Å². The standard InChI is InChI=1S/C12H21N3O10/c13-15-14-5-6(18)3(1-16)23-11(8(5)20)25-12-10(22)9(21)7(19)4(2-17)24-12/h3-12,16-22H,1-2H2/t3?,4?,5-,6+,7+,8?,9?,10+,11+,12+/m0/s1. The first kappa shape index (κ1) is 20.2. The van der Waals surface area contributed by atoms with Crippen LogP contribution in [0.3, 0.4) is 0 Å². The van der Waals surface area contributed by atoms with Crippen LogP contribution in [-0.4, -0.2) is 110 Å². The minimum absolute atomic E-state index is 0.681. The minimum atomic E-state index is -1.74. The Bertz CT molecular complexity index is 490. The summed E-state index contributed by atoms with van der Waals surface area (Å²) in [5.41, 5.74) is 8.53. The molecule has 13 nitrogen and oxygen atoms in total. The van der Waals surface area contributed by atoms with Crippen molar-refractivity contribution in [3.63, 3.8) is 0 Å². The Morgan fingerprint density at radius 3 is 1.84 bits per heavy atom. The van der Waals surface area contributed by atoms with Crippen LogP contribution < -0.4 is 0 Å². The fourth-order valence-corrected chi connectivity index (χ4v) is 2.69. The normalized spacial score (nSPS) is 48.0. The molecule has 0 aromatic rings. The highest BCUT2D eigenvalue weighted by atomic mass is 16.8. The van der Waals surface area contributed by atoms with E-state index >= 15 is 0 Å². The van der Waals surface area contributed by atoms with Crippen LogP contribution in [0.2, 0.25) is 0 Å². The van der Waals surface area contributed by atoms with E-state index in [4.69, 9.17) is 24.8 Å². The molecule has 0 aromatic heterocycles. The van der Waals surface area contributed by atoms with Gasteiger partial charge in [-0.2, -0.15) is 0 Å².